The average molecular weight is 320 g/mol. The molecule has 2 aliphatic rings. The van der Waals surface area contributed by atoms with Crippen LogP contribution >= 0.6 is 11.6 Å². The van der Waals surface area contributed by atoms with Gasteiger partial charge in [0.05, 0.1) is 18.2 Å². The van der Waals surface area contributed by atoms with Crippen molar-refractivity contribution in [1.29, 1.82) is 0 Å². The normalized spacial score (nSPS) is 17.2. The molecule has 1 aromatic rings. The molecule has 0 fully saturated rings. The van der Waals surface area contributed by atoms with Crippen LogP contribution in [0.4, 0.5) is 10.1 Å². The number of benzene rings is 1. The molecule has 0 saturated heterocycles. The van der Waals surface area contributed by atoms with Gasteiger partial charge in [0.1, 0.15) is 17.5 Å². The molecular formula is C16H15ClFN3O. The number of nitrogens with zero attached hydrogens (tertiary/aromatic N) is 2. The van der Waals surface area contributed by atoms with Crippen LogP contribution in [0.25, 0.3) is 0 Å². The van der Waals surface area contributed by atoms with Crippen molar-refractivity contribution in [3.8, 4) is 0 Å². The number of fused-ring (bicyclic) bond motifs is 1. The number of nitrogens with one attached hydrogen (secondary N) is 1. The number of rotatable bonds is 3. The molecule has 6 heteroatoms. The third-order valence-corrected chi connectivity index (χ3v) is 3.75. The predicted octanol–water partition coefficient (Wildman–Crippen LogP) is 3.28. The van der Waals surface area contributed by atoms with E-state index in [0.717, 1.165) is 17.0 Å². The minimum absolute atomic E-state index is 0.0394. The third-order valence-electron chi connectivity index (χ3n) is 3.46. The van der Waals surface area contributed by atoms with Crippen molar-refractivity contribution in [3.05, 3.63) is 64.4 Å². The molecule has 3 rings (SSSR count). The second kappa shape index (κ2) is 5.94. The fourth-order valence-electron chi connectivity index (χ4n) is 2.27. The van der Waals surface area contributed by atoms with Gasteiger partial charge in [-0.1, -0.05) is 11.6 Å². The molecule has 114 valence electrons. The van der Waals surface area contributed by atoms with Crippen LogP contribution in [0.3, 0.4) is 0 Å². The summed E-state index contributed by atoms with van der Waals surface area (Å²) < 4.78 is 13.2. The smallest absolute Gasteiger partial charge is 0.141 e. The standard InChI is InChI=1S/C16H15ClFN3O/c1-10-4-5-21-8-11(9-22)16(20-15(21)6-10)19-12-2-3-14(18)13(17)7-12/h2-7,19,22H,8-9H2,1H3. The lowest BCUT2D eigenvalue weighted by molar-refractivity contribution is 0.319. The van der Waals surface area contributed by atoms with E-state index in [1.54, 1.807) is 6.07 Å². The second-order valence-electron chi connectivity index (χ2n) is 5.17. The molecule has 1 aromatic carbocycles. The fraction of sp³-hybridized carbons (Fsp3) is 0.188. The molecule has 0 radical (unpaired) electrons. The first-order chi connectivity index (χ1) is 10.6. The van der Waals surface area contributed by atoms with Crippen molar-refractivity contribution in [1.82, 2.24) is 4.90 Å². The van der Waals surface area contributed by atoms with Gasteiger partial charge < -0.3 is 15.3 Å². The fourth-order valence-corrected chi connectivity index (χ4v) is 2.46. The number of aliphatic hydroxyl groups is 1. The van der Waals surface area contributed by atoms with Crippen LogP contribution in [0, 0.1) is 5.82 Å². The van der Waals surface area contributed by atoms with E-state index in [4.69, 9.17) is 11.6 Å². The summed E-state index contributed by atoms with van der Waals surface area (Å²) in [6, 6.07) is 4.37. The Morgan fingerprint density at radius 2 is 2.27 bits per heavy atom. The number of amidine groups is 1. The molecule has 0 amide bonds. The van der Waals surface area contributed by atoms with E-state index >= 15 is 0 Å². The van der Waals surface area contributed by atoms with Crippen molar-refractivity contribution in [3.63, 3.8) is 0 Å². The van der Waals surface area contributed by atoms with Gasteiger partial charge >= 0.3 is 0 Å². The number of halogens is 2. The molecule has 0 saturated carbocycles. The first kappa shape index (κ1) is 14.8. The minimum Gasteiger partial charge on any atom is -0.392 e. The van der Waals surface area contributed by atoms with Crippen molar-refractivity contribution in [2.24, 2.45) is 4.99 Å². The summed E-state index contributed by atoms with van der Waals surface area (Å²) in [5.74, 6) is 0.893. The van der Waals surface area contributed by atoms with E-state index in [0.29, 0.717) is 18.1 Å². The number of aliphatic hydroxyl groups excluding tert-OH is 1. The van der Waals surface area contributed by atoms with Gasteiger partial charge in [-0.05, 0) is 42.8 Å². The number of allylic oxidation sites excluding steroid dienone is 2. The van der Waals surface area contributed by atoms with Gasteiger partial charge in [-0.3, -0.25) is 0 Å². The molecule has 2 N–H and O–H groups in total. The van der Waals surface area contributed by atoms with Gasteiger partial charge in [-0.25, -0.2) is 9.38 Å². The Morgan fingerprint density at radius 1 is 1.45 bits per heavy atom. The molecule has 0 aromatic heterocycles. The SMILES string of the molecule is CC1=CC2=NC(Nc3ccc(F)c(Cl)c3)=C(CO)CN2C=C1. The van der Waals surface area contributed by atoms with E-state index < -0.39 is 5.82 Å². The Kier molecular flexibility index (Phi) is 4.00. The van der Waals surface area contributed by atoms with Crippen molar-refractivity contribution in [2.45, 2.75) is 6.92 Å². The van der Waals surface area contributed by atoms with E-state index in [1.807, 2.05) is 30.2 Å². The molecule has 0 atom stereocenters. The molecule has 22 heavy (non-hydrogen) atoms. The monoisotopic (exact) mass is 319 g/mol. The lowest BCUT2D eigenvalue weighted by Gasteiger charge is -2.29. The summed E-state index contributed by atoms with van der Waals surface area (Å²) in [4.78, 5) is 6.50. The number of hydrogen-bond donors (Lipinski definition) is 2. The molecule has 4 nitrogen and oxygen atoms in total. The van der Waals surface area contributed by atoms with Crippen molar-refractivity contribution >= 4 is 23.1 Å². The third kappa shape index (κ3) is 2.91. The highest BCUT2D eigenvalue weighted by Gasteiger charge is 2.21. The summed E-state index contributed by atoms with van der Waals surface area (Å²) >= 11 is 5.79. The number of anilines is 1. The Hall–Kier alpha value is -2.11. The highest BCUT2D eigenvalue weighted by molar-refractivity contribution is 6.31. The lowest BCUT2D eigenvalue weighted by Crippen LogP contribution is -2.34. The summed E-state index contributed by atoms with van der Waals surface area (Å²) in [7, 11) is 0. The van der Waals surface area contributed by atoms with Gasteiger partial charge in [0, 0.05) is 17.5 Å². The van der Waals surface area contributed by atoms with Crippen molar-refractivity contribution < 1.29 is 9.50 Å². The molecule has 0 aliphatic carbocycles. The summed E-state index contributed by atoms with van der Waals surface area (Å²) in [6.07, 6.45) is 5.90. The maximum atomic E-state index is 13.2. The van der Waals surface area contributed by atoms with Crippen molar-refractivity contribution in [2.75, 3.05) is 18.5 Å². The topological polar surface area (TPSA) is 47.9 Å². The van der Waals surface area contributed by atoms with E-state index in [9.17, 15) is 9.50 Å². The van der Waals surface area contributed by atoms with Gasteiger partial charge in [0.15, 0.2) is 0 Å². The molecule has 0 unspecified atom stereocenters. The van der Waals surface area contributed by atoms with Crippen LogP contribution in [-0.4, -0.2) is 29.0 Å². The van der Waals surface area contributed by atoms with E-state index in [2.05, 4.69) is 10.3 Å². The van der Waals surface area contributed by atoms with Crippen LogP contribution in [-0.2, 0) is 0 Å². The van der Waals surface area contributed by atoms with Crippen LogP contribution < -0.4 is 5.32 Å². The summed E-state index contributed by atoms with van der Waals surface area (Å²) in [5, 5.41) is 12.7. The summed E-state index contributed by atoms with van der Waals surface area (Å²) in [5.41, 5.74) is 2.48. The zero-order valence-electron chi connectivity index (χ0n) is 12.0. The Balaban J connectivity index is 1.92. The minimum atomic E-state index is -0.472. The zero-order valence-corrected chi connectivity index (χ0v) is 12.7. The highest BCUT2D eigenvalue weighted by Crippen LogP contribution is 2.25. The Bertz CT molecular complexity index is 737. The molecule has 2 aliphatic heterocycles. The second-order valence-corrected chi connectivity index (χ2v) is 5.57. The van der Waals surface area contributed by atoms with E-state index in [1.165, 1.54) is 12.1 Å². The Morgan fingerprint density at radius 3 is 3.00 bits per heavy atom. The predicted molar refractivity (Wildman–Crippen MR) is 86.2 cm³/mol. The maximum absolute atomic E-state index is 13.2. The zero-order chi connectivity index (χ0) is 15.7. The number of aliphatic imine (C=N–C) groups is 1. The first-order valence-corrected chi connectivity index (χ1v) is 7.21. The molecule has 0 spiro atoms. The maximum Gasteiger partial charge on any atom is 0.141 e. The van der Waals surface area contributed by atoms with Crippen LogP contribution in [0.5, 0.6) is 0 Å². The quantitative estimate of drug-likeness (QED) is 0.899. The van der Waals surface area contributed by atoms with Gasteiger partial charge in [0.2, 0.25) is 0 Å². The highest BCUT2D eigenvalue weighted by atomic mass is 35.5. The molecular weight excluding hydrogens is 305 g/mol. The summed E-state index contributed by atoms with van der Waals surface area (Å²) in [6.45, 7) is 2.43. The van der Waals surface area contributed by atoms with E-state index in [-0.39, 0.29) is 11.6 Å². The van der Waals surface area contributed by atoms with Crippen LogP contribution in [0.15, 0.2) is 58.5 Å². The molecule has 2 heterocycles. The average Bonchev–Trinajstić information content (AvgIpc) is 2.50. The number of hydrogen-bond acceptors (Lipinski definition) is 4. The van der Waals surface area contributed by atoms with Gasteiger partial charge in [-0.15, -0.1) is 0 Å². The van der Waals surface area contributed by atoms with Crippen LogP contribution in [0.2, 0.25) is 5.02 Å². The Labute approximate surface area is 132 Å². The first-order valence-electron chi connectivity index (χ1n) is 6.83. The van der Waals surface area contributed by atoms with Crippen LogP contribution in [0.1, 0.15) is 6.92 Å². The largest absolute Gasteiger partial charge is 0.392 e. The molecule has 0 bridgehead atoms. The van der Waals surface area contributed by atoms with Gasteiger partial charge in [-0.2, -0.15) is 0 Å². The lowest BCUT2D eigenvalue weighted by atomic mass is 10.1. The van der Waals surface area contributed by atoms with Gasteiger partial charge in [0.25, 0.3) is 0 Å².